The van der Waals surface area contributed by atoms with Crippen LogP contribution >= 0.6 is 0 Å². The van der Waals surface area contributed by atoms with Crippen molar-refractivity contribution in [2.24, 2.45) is 0 Å². The van der Waals surface area contributed by atoms with Crippen LogP contribution < -0.4 is 0 Å². The average molecular weight is 595 g/mol. The monoisotopic (exact) mass is 594 g/mol. The average Bonchev–Trinajstić information content (AvgIpc) is 3.00. The Morgan fingerprint density at radius 1 is 0.500 bits per heavy atom. The van der Waals surface area contributed by atoms with Crippen molar-refractivity contribution in [2.45, 2.75) is 129 Å². The molecule has 0 rings (SSSR count). The fourth-order valence-corrected chi connectivity index (χ4v) is 4.22. The van der Waals surface area contributed by atoms with Gasteiger partial charge in [-0.15, -0.1) is 0 Å². The zero-order valence-corrected chi connectivity index (χ0v) is 26.9. The number of hydrogen-bond donors (Lipinski definition) is 1. The first kappa shape index (κ1) is 40.4. The highest BCUT2D eigenvalue weighted by atomic mass is 16.6. The van der Waals surface area contributed by atoms with Gasteiger partial charge in [0.25, 0.3) is 0 Å². The number of rotatable bonds is 32. The number of unbranched alkanes of at least 4 members (excludes halogenated alkanes) is 16. The van der Waals surface area contributed by atoms with Crippen molar-refractivity contribution < 1.29 is 33.6 Å². The summed E-state index contributed by atoms with van der Waals surface area (Å²) in [5.41, 5.74) is 0. The van der Waals surface area contributed by atoms with Crippen LogP contribution in [-0.2, 0) is 28.5 Å². The second-order valence-electron chi connectivity index (χ2n) is 10.6. The van der Waals surface area contributed by atoms with Crippen molar-refractivity contribution in [3.8, 4) is 23.7 Å². The van der Waals surface area contributed by atoms with E-state index in [1.54, 1.807) is 0 Å². The van der Waals surface area contributed by atoms with E-state index in [9.17, 15) is 4.79 Å². The second kappa shape index (κ2) is 37.4. The molecule has 0 saturated heterocycles. The molecule has 0 spiro atoms. The van der Waals surface area contributed by atoms with E-state index < -0.39 is 0 Å². The Bertz CT molecular complexity index is 674. The standard InChI is InChI=1S/C35H62O7/c1-2-3-4-5-6-7-8-9-10-11-12-13-14-15-16-17-18-19-20-21-22-23-24-35(37)42-34-33-41-32-31-40-30-29-39-28-27-38-26-25-36/h36H,2-12,17-34H2,1H3. The molecule has 0 unspecified atom stereocenters. The molecule has 0 aliphatic heterocycles. The lowest BCUT2D eigenvalue weighted by atomic mass is 10.1. The Hall–Kier alpha value is -1.61. The maximum absolute atomic E-state index is 11.8. The fourth-order valence-electron chi connectivity index (χ4n) is 4.22. The molecule has 0 aromatic heterocycles. The molecule has 7 heteroatoms. The van der Waals surface area contributed by atoms with Crippen LogP contribution in [0.25, 0.3) is 0 Å². The van der Waals surface area contributed by atoms with Crippen molar-refractivity contribution in [1.82, 2.24) is 0 Å². The Morgan fingerprint density at radius 2 is 0.881 bits per heavy atom. The predicted octanol–water partition coefficient (Wildman–Crippen LogP) is 7.03. The molecule has 0 radical (unpaired) electrons. The van der Waals surface area contributed by atoms with Gasteiger partial charge in [-0.05, 0) is 31.1 Å². The molecule has 0 fully saturated rings. The maximum atomic E-state index is 11.8. The van der Waals surface area contributed by atoms with E-state index in [-0.39, 0.29) is 19.2 Å². The third-order valence-corrected chi connectivity index (χ3v) is 6.67. The van der Waals surface area contributed by atoms with Crippen molar-refractivity contribution in [2.75, 3.05) is 66.1 Å². The number of carbonyl (C=O) groups excluding carboxylic acids is 1. The van der Waals surface area contributed by atoms with Crippen LogP contribution in [0.3, 0.4) is 0 Å². The molecule has 0 bridgehead atoms. The summed E-state index contributed by atoms with van der Waals surface area (Å²) in [6.07, 6.45) is 22.5. The Labute approximate surface area is 258 Å². The molecule has 7 nitrogen and oxygen atoms in total. The minimum absolute atomic E-state index is 0.0240. The molecule has 1 N–H and O–H groups in total. The summed E-state index contributed by atoms with van der Waals surface area (Å²) >= 11 is 0. The van der Waals surface area contributed by atoms with E-state index >= 15 is 0 Å². The molecule has 0 amide bonds. The van der Waals surface area contributed by atoms with Crippen LogP contribution in [0.4, 0.5) is 0 Å². The quantitative estimate of drug-likeness (QED) is 0.0509. The van der Waals surface area contributed by atoms with Gasteiger partial charge in [0.1, 0.15) is 6.61 Å². The lowest BCUT2D eigenvalue weighted by molar-refractivity contribution is -0.145. The molecule has 0 heterocycles. The lowest BCUT2D eigenvalue weighted by Crippen LogP contribution is -2.14. The molecule has 42 heavy (non-hydrogen) atoms. The highest BCUT2D eigenvalue weighted by molar-refractivity contribution is 5.69. The van der Waals surface area contributed by atoms with Gasteiger partial charge in [-0.1, -0.05) is 102 Å². The summed E-state index contributed by atoms with van der Waals surface area (Å²) in [5.74, 6) is 12.2. The topological polar surface area (TPSA) is 83.5 Å². The third-order valence-electron chi connectivity index (χ3n) is 6.67. The summed E-state index contributed by atoms with van der Waals surface area (Å²) < 4.78 is 26.4. The largest absolute Gasteiger partial charge is 0.463 e. The SMILES string of the molecule is CCCCCCCCCCCCC#CC#CCCCCCCCCC(=O)OCCOCCOCCOCCOCCO. The van der Waals surface area contributed by atoms with Crippen LogP contribution in [0.2, 0.25) is 0 Å². The van der Waals surface area contributed by atoms with Gasteiger partial charge in [0.15, 0.2) is 0 Å². The van der Waals surface area contributed by atoms with E-state index in [1.807, 2.05) is 0 Å². The minimum atomic E-state index is -0.153. The number of aliphatic hydroxyl groups is 1. The van der Waals surface area contributed by atoms with Crippen LogP contribution in [-0.4, -0.2) is 77.1 Å². The number of hydrogen-bond acceptors (Lipinski definition) is 7. The molecule has 0 aromatic rings. The van der Waals surface area contributed by atoms with Gasteiger partial charge in [0, 0.05) is 19.3 Å². The van der Waals surface area contributed by atoms with E-state index in [1.165, 1.54) is 77.0 Å². The number of aliphatic hydroxyl groups excluding tert-OH is 1. The van der Waals surface area contributed by atoms with Gasteiger partial charge in [0.05, 0.1) is 59.5 Å². The number of ether oxygens (including phenoxy) is 5. The zero-order valence-electron chi connectivity index (χ0n) is 26.9. The molecule has 0 aliphatic carbocycles. The minimum Gasteiger partial charge on any atom is -0.463 e. The number of carbonyl (C=O) groups is 1. The molecular formula is C35H62O7. The molecule has 0 saturated carbocycles. The van der Waals surface area contributed by atoms with Crippen LogP contribution in [0.1, 0.15) is 129 Å². The number of esters is 1. The first-order valence-electron chi connectivity index (χ1n) is 16.8. The van der Waals surface area contributed by atoms with E-state index in [0.717, 1.165) is 38.5 Å². The van der Waals surface area contributed by atoms with Crippen molar-refractivity contribution in [3.63, 3.8) is 0 Å². The Balaban J connectivity index is 3.28. The normalized spacial score (nSPS) is 10.6. The summed E-state index contributed by atoms with van der Waals surface area (Å²) in [5, 5.41) is 8.58. The molecule has 0 aromatic carbocycles. The van der Waals surface area contributed by atoms with Gasteiger partial charge < -0.3 is 28.8 Å². The highest BCUT2D eigenvalue weighted by Crippen LogP contribution is 2.11. The van der Waals surface area contributed by atoms with Gasteiger partial charge >= 0.3 is 5.97 Å². The summed E-state index contributed by atoms with van der Waals surface area (Å²) in [4.78, 5) is 11.8. The first-order chi connectivity index (χ1) is 20.8. The Kier molecular flexibility index (Phi) is 36.0. The summed E-state index contributed by atoms with van der Waals surface area (Å²) in [6, 6.07) is 0. The van der Waals surface area contributed by atoms with Gasteiger partial charge in [-0.2, -0.15) is 0 Å². The zero-order chi connectivity index (χ0) is 30.4. The first-order valence-corrected chi connectivity index (χ1v) is 16.8. The van der Waals surface area contributed by atoms with E-state index in [4.69, 9.17) is 28.8 Å². The predicted molar refractivity (Wildman–Crippen MR) is 170 cm³/mol. The van der Waals surface area contributed by atoms with Gasteiger partial charge in [0.2, 0.25) is 0 Å². The molecule has 0 aliphatic rings. The smallest absolute Gasteiger partial charge is 0.305 e. The fraction of sp³-hybridized carbons (Fsp3) is 0.857. The van der Waals surface area contributed by atoms with Crippen LogP contribution in [0, 0.1) is 23.7 Å². The van der Waals surface area contributed by atoms with Crippen LogP contribution in [0.5, 0.6) is 0 Å². The molecular weight excluding hydrogens is 532 g/mol. The molecule has 244 valence electrons. The van der Waals surface area contributed by atoms with Gasteiger partial charge in [-0.3, -0.25) is 4.79 Å². The van der Waals surface area contributed by atoms with Gasteiger partial charge in [-0.25, -0.2) is 0 Å². The second-order valence-corrected chi connectivity index (χ2v) is 10.6. The summed E-state index contributed by atoms with van der Waals surface area (Å²) in [7, 11) is 0. The Morgan fingerprint density at radius 3 is 1.33 bits per heavy atom. The van der Waals surface area contributed by atoms with E-state index in [0.29, 0.717) is 59.3 Å². The maximum Gasteiger partial charge on any atom is 0.305 e. The summed E-state index contributed by atoms with van der Waals surface area (Å²) in [6.45, 7) is 6.13. The van der Waals surface area contributed by atoms with Crippen molar-refractivity contribution in [3.05, 3.63) is 0 Å². The van der Waals surface area contributed by atoms with Crippen LogP contribution in [0.15, 0.2) is 0 Å². The van der Waals surface area contributed by atoms with Crippen molar-refractivity contribution in [1.29, 1.82) is 0 Å². The highest BCUT2D eigenvalue weighted by Gasteiger charge is 2.02. The molecule has 0 atom stereocenters. The van der Waals surface area contributed by atoms with Crippen molar-refractivity contribution >= 4 is 5.97 Å². The lowest BCUT2D eigenvalue weighted by Gasteiger charge is -2.08. The van der Waals surface area contributed by atoms with E-state index in [2.05, 4.69) is 30.6 Å². The third kappa shape index (κ3) is 36.4.